The molecule has 2 aromatic rings. The number of ether oxygens (including phenoxy) is 1. The summed E-state index contributed by atoms with van der Waals surface area (Å²) in [6.07, 6.45) is 3.50. The largest absolute Gasteiger partial charge is 0.494 e. The number of aromatic carboxylic acids is 1. The molecule has 26 heavy (non-hydrogen) atoms. The van der Waals surface area contributed by atoms with Crippen molar-refractivity contribution < 1.29 is 29.3 Å². The summed E-state index contributed by atoms with van der Waals surface area (Å²) in [6.45, 7) is 0.297. The van der Waals surface area contributed by atoms with Gasteiger partial charge in [0.15, 0.2) is 5.78 Å². The Morgan fingerprint density at radius 3 is 2.08 bits per heavy atom. The van der Waals surface area contributed by atoms with Crippen LogP contribution in [-0.2, 0) is 4.79 Å². The summed E-state index contributed by atoms with van der Waals surface area (Å²) in [4.78, 5) is 33.4. The lowest BCUT2D eigenvalue weighted by atomic mass is 10.1. The first-order chi connectivity index (χ1) is 12.5. The van der Waals surface area contributed by atoms with Crippen LogP contribution in [0.25, 0.3) is 6.08 Å². The second kappa shape index (κ2) is 9.17. The maximum atomic E-state index is 12.2. The Morgan fingerprint density at radius 2 is 1.50 bits per heavy atom. The summed E-state index contributed by atoms with van der Waals surface area (Å²) in [7, 11) is 0. The SMILES string of the molecule is O=C(O)CCCOc1ccc(C(=O)C=Cc2ccc(C(=O)O)cc2)cc1. The zero-order valence-corrected chi connectivity index (χ0v) is 13.9. The molecule has 0 saturated heterocycles. The van der Waals surface area contributed by atoms with Gasteiger partial charge in [0, 0.05) is 12.0 Å². The van der Waals surface area contributed by atoms with Gasteiger partial charge in [0.2, 0.25) is 0 Å². The summed E-state index contributed by atoms with van der Waals surface area (Å²) in [5, 5.41) is 17.4. The van der Waals surface area contributed by atoms with Crippen molar-refractivity contribution in [3.05, 3.63) is 71.3 Å². The van der Waals surface area contributed by atoms with Crippen molar-refractivity contribution in [2.24, 2.45) is 0 Å². The maximum Gasteiger partial charge on any atom is 0.335 e. The fraction of sp³-hybridized carbons (Fsp3) is 0.150. The monoisotopic (exact) mass is 354 g/mol. The lowest BCUT2D eigenvalue weighted by Gasteiger charge is -2.05. The first kappa shape index (κ1) is 18.9. The zero-order valence-electron chi connectivity index (χ0n) is 13.9. The third kappa shape index (κ3) is 5.90. The number of carboxylic acids is 2. The fourth-order valence-electron chi connectivity index (χ4n) is 2.13. The summed E-state index contributed by atoms with van der Waals surface area (Å²) in [6, 6.07) is 12.8. The molecule has 134 valence electrons. The van der Waals surface area contributed by atoms with Crippen LogP contribution in [0.4, 0.5) is 0 Å². The molecule has 0 radical (unpaired) electrons. The fourth-order valence-corrected chi connectivity index (χ4v) is 2.13. The van der Waals surface area contributed by atoms with Gasteiger partial charge in [-0.05, 0) is 54.5 Å². The van der Waals surface area contributed by atoms with E-state index in [2.05, 4.69) is 0 Å². The third-order valence-corrected chi connectivity index (χ3v) is 3.53. The van der Waals surface area contributed by atoms with E-state index in [1.807, 2.05) is 0 Å². The van der Waals surface area contributed by atoms with Crippen molar-refractivity contribution in [2.45, 2.75) is 12.8 Å². The quantitative estimate of drug-likeness (QED) is 0.406. The first-order valence-corrected chi connectivity index (χ1v) is 7.96. The van der Waals surface area contributed by atoms with E-state index in [0.29, 0.717) is 24.3 Å². The predicted molar refractivity (Wildman–Crippen MR) is 95.6 cm³/mol. The molecule has 0 aliphatic carbocycles. The minimum Gasteiger partial charge on any atom is -0.494 e. The Balaban J connectivity index is 1.90. The average Bonchev–Trinajstić information content (AvgIpc) is 2.64. The molecule has 0 amide bonds. The molecule has 0 aromatic heterocycles. The highest BCUT2D eigenvalue weighted by molar-refractivity contribution is 6.06. The number of hydrogen-bond donors (Lipinski definition) is 2. The molecule has 0 bridgehead atoms. The normalized spacial score (nSPS) is 10.6. The summed E-state index contributed by atoms with van der Waals surface area (Å²) < 4.78 is 5.41. The molecule has 0 heterocycles. The summed E-state index contributed by atoms with van der Waals surface area (Å²) >= 11 is 0. The molecule has 0 aliphatic heterocycles. The number of carbonyl (C=O) groups is 3. The number of carbonyl (C=O) groups excluding carboxylic acids is 1. The summed E-state index contributed by atoms with van der Waals surface area (Å²) in [5.74, 6) is -1.48. The Labute approximate surface area is 150 Å². The van der Waals surface area contributed by atoms with Crippen molar-refractivity contribution >= 4 is 23.8 Å². The van der Waals surface area contributed by atoms with Gasteiger partial charge in [0.05, 0.1) is 12.2 Å². The van der Waals surface area contributed by atoms with Crippen molar-refractivity contribution in [1.82, 2.24) is 0 Å². The standard InChI is InChI=1S/C20H18O6/c21-18(12-5-14-3-6-16(7-4-14)20(24)25)15-8-10-17(11-9-15)26-13-1-2-19(22)23/h3-12H,1-2,13H2,(H,22,23)(H,24,25). The number of ketones is 1. The number of rotatable bonds is 9. The molecule has 2 rings (SSSR count). The number of benzene rings is 2. The molecule has 0 fully saturated rings. The predicted octanol–water partition coefficient (Wildman–Crippen LogP) is 3.52. The van der Waals surface area contributed by atoms with Crippen molar-refractivity contribution in [3.8, 4) is 5.75 Å². The van der Waals surface area contributed by atoms with Gasteiger partial charge in [-0.25, -0.2) is 4.79 Å². The molecule has 0 atom stereocenters. The summed E-state index contributed by atoms with van der Waals surface area (Å²) in [5.41, 5.74) is 1.40. The molecule has 2 N–H and O–H groups in total. The number of allylic oxidation sites excluding steroid dienone is 1. The second-order valence-corrected chi connectivity index (χ2v) is 5.49. The number of hydrogen-bond acceptors (Lipinski definition) is 4. The Kier molecular flexibility index (Phi) is 6.68. The molecule has 6 heteroatoms. The van der Waals surface area contributed by atoms with E-state index in [4.69, 9.17) is 14.9 Å². The second-order valence-electron chi connectivity index (χ2n) is 5.49. The van der Waals surface area contributed by atoms with E-state index >= 15 is 0 Å². The van der Waals surface area contributed by atoms with Crippen LogP contribution < -0.4 is 4.74 Å². The highest BCUT2D eigenvalue weighted by atomic mass is 16.5. The lowest BCUT2D eigenvalue weighted by molar-refractivity contribution is -0.137. The minimum absolute atomic E-state index is 0.0504. The Bertz CT molecular complexity index is 803. The van der Waals surface area contributed by atoms with Gasteiger partial charge in [0.1, 0.15) is 5.75 Å². The van der Waals surface area contributed by atoms with Crippen LogP contribution in [0.15, 0.2) is 54.6 Å². The average molecular weight is 354 g/mol. The van der Waals surface area contributed by atoms with Crippen molar-refractivity contribution in [3.63, 3.8) is 0 Å². The van der Waals surface area contributed by atoms with Crippen LogP contribution >= 0.6 is 0 Å². The van der Waals surface area contributed by atoms with Crippen LogP contribution in [0.2, 0.25) is 0 Å². The van der Waals surface area contributed by atoms with E-state index in [9.17, 15) is 14.4 Å². The van der Waals surface area contributed by atoms with Crippen LogP contribution in [-0.4, -0.2) is 34.5 Å². The van der Waals surface area contributed by atoms with Gasteiger partial charge in [-0.2, -0.15) is 0 Å². The maximum absolute atomic E-state index is 12.2. The third-order valence-electron chi connectivity index (χ3n) is 3.53. The lowest BCUT2D eigenvalue weighted by Crippen LogP contribution is -2.02. The molecule has 0 unspecified atom stereocenters. The van der Waals surface area contributed by atoms with E-state index < -0.39 is 11.9 Å². The minimum atomic E-state index is -0.998. The van der Waals surface area contributed by atoms with Crippen LogP contribution in [0.3, 0.4) is 0 Å². The van der Waals surface area contributed by atoms with Gasteiger partial charge in [-0.1, -0.05) is 18.2 Å². The van der Waals surface area contributed by atoms with Crippen LogP contribution in [0.5, 0.6) is 5.75 Å². The Morgan fingerprint density at radius 1 is 0.885 bits per heavy atom. The molecule has 0 aliphatic rings. The van der Waals surface area contributed by atoms with E-state index in [0.717, 1.165) is 5.56 Å². The number of carboxylic acid groups (broad SMARTS) is 2. The van der Waals surface area contributed by atoms with Gasteiger partial charge in [-0.15, -0.1) is 0 Å². The zero-order chi connectivity index (χ0) is 18.9. The Hall–Kier alpha value is -3.41. The molecular weight excluding hydrogens is 336 g/mol. The van der Waals surface area contributed by atoms with E-state index in [-0.39, 0.29) is 17.8 Å². The molecule has 0 saturated carbocycles. The van der Waals surface area contributed by atoms with Gasteiger partial charge in [0.25, 0.3) is 0 Å². The van der Waals surface area contributed by atoms with Gasteiger partial charge >= 0.3 is 11.9 Å². The highest BCUT2D eigenvalue weighted by Gasteiger charge is 2.04. The number of aliphatic carboxylic acids is 1. The van der Waals surface area contributed by atoms with Crippen LogP contribution in [0.1, 0.15) is 39.1 Å². The smallest absolute Gasteiger partial charge is 0.335 e. The van der Waals surface area contributed by atoms with Crippen molar-refractivity contribution in [2.75, 3.05) is 6.61 Å². The molecular formula is C20H18O6. The molecule has 2 aromatic carbocycles. The van der Waals surface area contributed by atoms with Gasteiger partial charge < -0.3 is 14.9 Å². The van der Waals surface area contributed by atoms with Gasteiger partial charge in [-0.3, -0.25) is 9.59 Å². The molecule has 0 spiro atoms. The molecule has 6 nitrogen and oxygen atoms in total. The van der Waals surface area contributed by atoms with E-state index in [1.165, 1.54) is 18.2 Å². The van der Waals surface area contributed by atoms with E-state index in [1.54, 1.807) is 42.5 Å². The highest BCUT2D eigenvalue weighted by Crippen LogP contribution is 2.14. The topological polar surface area (TPSA) is 101 Å². The van der Waals surface area contributed by atoms with Crippen LogP contribution in [0, 0.1) is 0 Å². The first-order valence-electron chi connectivity index (χ1n) is 7.96. The van der Waals surface area contributed by atoms with Crippen molar-refractivity contribution in [1.29, 1.82) is 0 Å².